The van der Waals surface area contributed by atoms with E-state index in [1.54, 1.807) is 0 Å². The van der Waals surface area contributed by atoms with Crippen LogP contribution in [0.25, 0.3) is 0 Å². The lowest BCUT2D eigenvalue weighted by Gasteiger charge is -2.27. The van der Waals surface area contributed by atoms with E-state index in [2.05, 4.69) is 68.6 Å². The molecule has 1 aliphatic carbocycles. The van der Waals surface area contributed by atoms with Crippen molar-refractivity contribution in [3.63, 3.8) is 0 Å². The second-order valence-electron chi connectivity index (χ2n) is 6.74. The van der Waals surface area contributed by atoms with E-state index in [1.807, 2.05) is 0 Å². The van der Waals surface area contributed by atoms with Crippen LogP contribution in [0, 0.1) is 0 Å². The van der Waals surface area contributed by atoms with Gasteiger partial charge in [-0.2, -0.15) is 0 Å². The van der Waals surface area contributed by atoms with Crippen molar-refractivity contribution in [2.75, 3.05) is 5.32 Å². The quantitative estimate of drug-likeness (QED) is 0.780. The van der Waals surface area contributed by atoms with Crippen LogP contribution in [0.5, 0.6) is 0 Å². The Morgan fingerprint density at radius 1 is 1.15 bits per heavy atom. The number of benzene rings is 2. The fraction of sp³-hybridized carbons (Fsp3) is 0.368. The Labute approximate surface area is 121 Å². The summed E-state index contributed by atoms with van der Waals surface area (Å²) < 4.78 is 0. The number of fused-ring (bicyclic) bond motifs is 5. The summed E-state index contributed by atoms with van der Waals surface area (Å²) in [6.45, 7) is 6.90. The average Bonchev–Trinajstić information content (AvgIpc) is 2.87. The summed E-state index contributed by atoms with van der Waals surface area (Å²) in [5, 5.41) is 3.80. The molecule has 1 aliphatic heterocycles. The van der Waals surface area contributed by atoms with Crippen LogP contribution in [-0.4, -0.2) is 0 Å². The predicted octanol–water partition coefficient (Wildman–Crippen LogP) is 4.79. The van der Waals surface area contributed by atoms with Crippen molar-refractivity contribution in [3.05, 3.63) is 64.7 Å². The maximum absolute atomic E-state index is 3.80. The summed E-state index contributed by atoms with van der Waals surface area (Å²) in [6, 6.07) is 15.9. The molecule has 0 fully saturated rings. The second kappa shape index (κ2) is 3.88. The van der Waals surface area contributed by atoms with Gasteiger partial charge >= 0.3 is 0 Å². The van der Waals surface area contributed by atoms with Crippen molar-refractivity contribution in [2.45, 2.75) is 44.6 Å². The summed E-state index contributed by atoms with van der Waals surface area (Å²) in [4.78, 5) is 0. The van der Waals surface area contributed by atoms with Gasteiger partial charge < -0.3 is 5.32 Å². The first-order chi connectivity index (χ1) is 9.59. The SMILES string of the molecule is CC(C)c1ccc2c(c1)[C@@H]1Cc3ccccc3[C@]1(C)N2. The molecule has 0 amide bonds. The third-order valence-electron chi connectivity index (χ3n) is 5.21. The van der Waals surface area contributed by atoms with Crippen LogP contribution in [0.3, 0.4) is 0 Å². The molecule has 2 aliphatic rings. The predicted molar refractivity (Wildman–Crippen MR) is 84.4 cm³/mol. The summed E-state index contributed by atoms with van der Waals surface area (Å²) in [6.07, 6.45) is 1.16. The molecule has 2 aromatic rings. The standard InChI is InChI=1S/C19H21N/c1-12(2)13-8-9-18-15(10-13)17-11-14-6-4-5-7-16(14)19(17,3)20-18/h4-10,12,17,20H,11H2,1-3H3/t17-,19-/m0/s1. The summed E-state index contributed by atoms with van der Waals surface area (Å²) >= 11 is 0. The number of hydrogen-bond acceptors (Lipinski definition) is 1. The zero-order valence-electron chi connectivity index (χ0n) is 12.4. The lowest BCUT2D eigenvalue weighted by Crippen LogP contribution is -2.29. The molecule has 102 valence electrons. The summed E-state index contributed by atoms with van der Waals surface area (Å²) in [7, 11) is 0. The first-order valence-corrected chi connectivity index (χ1v) is 7.60. The van der Waals surface area contributed by atoms with Gasteiger partial charge in [0.25, 0.3) is 0 Å². The molecule has 0 radical (unpaired) electrons. The highest BCUT2D eigenvalue weighted by molar-refractivity contribution is 5.67. The van der Waals surface area contributed by atoms with Crippen LogP contribution in [-0.2, 0) is 12.0 Å². The number of nitrogens with one attached hydrogen (secondary N) is 1. The summed E-state index contributed by atoms with van der Waals surface area (Å²) in [5.41, 5.74) is 7.35. The molecule has 0 saturated carbocycles. The maximum atomic E-state index is 3.80. The highest BCUT2D eigenvalue weighted by atomic mass is 15.0. The molecule has 0 spiro atoms. The second-order valence-corrected chi connectivity index (χ2v) is 6.74. The molecule has 20 heavy (non-hydrogen) atoms. The van der Waals surface area contributed by atoms with Gasteiger partial charge in [-0.15, -0.1) is 0 Å². The minimum atomic E-state index is 0.0779. The minimum absolute atomic E-state index is 0.0779. The molecular weight excluding hydrogens is 242 g/mol. The van der Waals surface area contributed by atoms with Crippen LogP contribution >= 0.6 is 0 Å². The maximum Gasteiger partial charge on any atom is 0.0672 e. The number of rotatable bonds is 1. The van der Waals surface area contributed by atoms with Gasteiger partial charge in [0.1, 0.15) is 0 Å². The first-order valence-electron chi connectivity index (χ1n) is 7.60. The Bertz CT molecular complexity index is 686. The zero-order valence-corrected chi connectivity index (χ0v) is 12.4. The first kappa shape index (κ1) is 12.0. The van der Waals surface area contributed by atoms with E-state index in [4.69, 9.17) is 0 Å². The Balaban J connectivity index is 1.85. The van der Waals surface area contributed by atoms with Gasteiger partial charge in [0.05, 0.1) is 5.54 Å². The van der Waals surface area contributed by atoms with Crippen LogP contribution in [0.4, 0.5) is 5.69 Å². The molecule has 1 heteroatoms. The fourth-order valence-electron chi connectivity index (χ4n) is 4.01. The molecule has 0 aromatic heterocycles. The Hall–Kier alpha value is -1.76. The number of hydrogen-bond donors (Lipinski definition) is 1. The normalized spacial score (nSPS) is 26.1. The van der Waals surface area contributed by atoms with Crippen LogP contribution < -0.4 is 5.32 Å². The fourth-order valence-corrected chi connectivity index (χ4v) is 4.01. The lowest BCUT2D eigenvalue weighted by atomic mass is 9.84. The van der Waals surface area contributed by atoms with Gasteiger partial charge in [-0.25, -0.2) is 0 Å². The van der Waals surface area contributed by atoms with Crippen molar-refractivity contribution in [3.8, 4) is 0 Å². The Kier molecular flexibility index (Phi) is 2.33. The van der Waals surface area contributed by atoms with E-state index in [0.29, 0.717) is 11.8 Å². The molecule has 0 bridgehead atoms. The van der Waals surface area contributed by atoms with Gasteiger partial charge in [0.15, 0.2) is 0 Å². The van der Waals surface area contributed by atoms with Crippen molar-refractivity contribution >= 4 is 5.69 Å². The number of anilines is 1. The van der Waals surface area contributed by atoms with Crippen molar-refractivity contribution in [1.29, 1.82) is 0 Å². The minimum Gasteiger partial charge on any atom is -0.375 e. The van der Waals surface area contributed by atoms with Gasteiger partial charge in [-0.3, -0.25) is 0 Å². The molecule has 0 saturated heterocycles. The summed E-state index contributed by atoms with van der Waals surface area (Å²) in [5.74, 6) is 1.17. The molecule has 2 aromatic carbocycles. The van der Waals surface area contributed by atoms with Crippen molar-refractivity contribution in [2.24, 2.45) is 0 Å². The van der Waals surface area contributed by atoms with Gasteiger partial charge in [-0.05, 0) is 47.6 Å². The van der Waals surface area contributed by atoms with E-state index in [9.17, 15) is 0 Å². The lowest BCUT2D eigenvalue weighted by molar-refractivity contribution is 0.491. The van der Waals surface area contributed by atoms with Crippen molar-refractivity contribution in [1.82, 2.24) is 0 Å². The van der Waals surface area contributed by atoms with Gasteiger partial charge in [-0.1, -0.05) is 50.2 Å². The van der Waals surface area contributed by atoms with E-state index in [-0.39, 0.29) is 5.54 Å². The average molecular weight is 263 g/mol. The third-order valence-corrected chi connectivity index (χ3v) is 5.21. The van der Waals surface area contributed by atoms with Gasteiger partial charge in [0, 0.05) is 11.6 Å². The van der Waals surface area contributed by atoms with E-state index in [1.165, 1.54) is 27.9 Å². The molecule has 1 heterocycles. The highest BCUT2D eigenvalue weighted by Gasteiger charge is 2.48. The van der Waals surface area contributed by atoms with Crippen LogP contribution in [0.15, 0.2) is 42.5 Å². The third kappa shape index (κ3) is 1.44. The largest absolute Gasteiger partial charge is 0.375 e. The van der Waals surface area contributed by atoms with Gasteiger partial charge in [0.2, 0.25) is 0 Å². The highest BCUT2D eigenvalue weighted by Crippen LogP contribution is 2.55. The van der Waals surface area contributed by atoms with Crippen LogP contribution in [0.1, 0.15) is 54.9 Å². The molecule has 1 nitrogen and oxygen atoms in total. The molecular formula is C19H21N. The monoisotopic (exact) mass is 263 g/mol. The molecule has 2 atom stereocenters. The van der Waals surface area contributed by atoms with E-state index in [0.717, 1.165) is 6.42 Å². The molecule has 1 N–H and O–H groups in total. The Morgan fingerprint density at radius 2 is 1.95 bits per heavy atom. The topological polar surface area (TPSA) is 12.0 Å². The molecule has 4 rings (SSSR count). The van der Waals surface area contributed by atoms with Crippen LogP contribution in [0.2, 0.25) is 0 Å². The van der Waals surface area contributed by atoms with Crippen molar-refractivity contribution < 1.29 is 0 Å². The van der Waals surface area contributed by atoms with E-state index < -0.39 is 0 Å². The molecule has 0 unspecified atom stereocenters. The zero-order chi connectivity index (χ0) is 13.9. The Morgan fingerprint density at radius 3 is 2.75 bits per heavy atom. The van der Waals surface area contributed by atoms with E-state index >= 15 is 0 Å². The smallest absolute Gasteiger partial charge is 0.0672 e.